The molecule has 1 saturated heterocycles. The highest BCUT2D eigenvalue weighted by Crippen LogP contribution is 2.06. The normalized spacial score (nSPS) is 26.6. The fraction of sp³-hybridized carbons (Fsp3) is 0.500. The van der Waals surface area contributed by atoms with Crippen molar-refractivity contribution in [2.45, 2.75) is 18.7 Å². The van der Waals surface area contributed by atoms with Crippen molar-refractivity contribution in [2.75, 3.05) is 13.2 Å². The maximum absolute atomic E-state index is 9.46. The van der Waals surface area contributed by atoms with Gasteiger partial charge in [0.05, 0.1) is 25.4 Å². The lowest BCUT2D eigenvalue weighted by Crippen LogP contribution is -2.38. The highest BCUT2D eigenvalue weighted by molar-refractivity contribution is 5.08. The number of ether oxygens (including phenoxy) is 1. The van der Waals surface area contributed by atoms with Crippen LogP contribution in [-0.4, -0.2) is 35.5 Å². The van der Waals surface area contributed by atoms with Crippen molar-refractivity contribution in [2.24, 2.45) is 0 Å². The molecule has 0 spiro atoms. The molecule has 1 aliphatic heterocycles. The van der Waals surface area contributed by atoms with E-state index in [-0.39, 0.29) is 12.1 Å². The van der Waals surface area contributed by atoms with Crippen molar-refractivity contribution >= 4 is 0 Å². The Labute approximate surface area is 82.9 Å². The summed E-state index contributed by atoms with van der Waals surface area (Å²) < 4.78 is 5.13. The van der Waals surface area contributed by atoms with Crippen LogP contribution in [0.4, 0.5) is 0 Å². The molecule has 1 fully saturated rings. The van der Waals surface area contributed by atoms with E-state index in [1.165, 1.54) is 0 Å². The van der Waals surface area contributed by atoms with E-state index in [1.807, 2.05) is 18.3 Å². The van der Waals surface area contributed by atoms with Crippen LogP contribution in [0.5, 0.6) is 0 Å². The van der Waals surface area contributed by atoms with Crippen molar-refractivity contribution in [1.29, 1.82) is 0 Å². The SMILES string of the molecule is O[C@@H]1COC[C@@H]1NCc1cccnc1. The molecule has 0 aliphatic carbocycles. The van der Waals surface area contributed by atoms with Crippen LogP contribution in [0.15, 0.2) is 24.5 Å². The maximum atomic E-state index is 9.46. The summed E-state index contributed by atoms with van der Waals surface area (Å²) in [6.07, 6.45) is 3.18. The Morgan fingerprint density at radius 3 is 3.14 bits per heavy atom. The Morgan fingerprint density at radius 1 is 1.57 bits per heavy atom. The summed E-state index contributed by atoms with van der Waals surface area (Å²) in [6, 6.07) is 3.95. The molecule has 0 bridgehead atoms. The summed E-state index contributed by atoms with van der Waals surface area (Å²) in [5.74, 6) is 0. The standard InChI is InChI=1S/C10H14N2O2/c13-10-7-14-6-9(10)12-5-8-2-1-3-11-4-8/h1-4,9-10,12-13H,5-7H2/t9-,10+/m0/s1. The zero-order valence-electron chi connectivity index (χ0n) is 7.89. The zero-order valence-corrected chi connectivity index (χ0v) is 7.89. The second-order valence-corrected chi connectivity index (χ2v) is 3.45. The average molecular weight is 194 g/mol. The van der Waals surface area contributed by atoms with Gasteiger partial charge in [0.2, 0.25) is 0 Å². The van der Waals surface area contributed by atoms with Gasteiger partial charge in [-0.3, -0.25) is 4.98 Å². The Hall–Kier alpha value is -0.970. The lowest BCUT2D eigenvalue weighted by molar-refractivity contribution is 0.122. The monoisotopic (exact) mass is 194 g/mol. The Bertz CT molecular complexity index is 279. The van der Waals surface area contributed by atoms with Crippen LogP contribution >= 0.6 is 0 Å². The highest BCUT2D eigenvalue weighted by atomic mass is 16.5. The topological polar surface area (TPSA) is 54.4 Å². The van der Waals surface area contributed by atoms with Gasteiger partial charge in [-0.15, -0.1) is 0 Å². The maximum Gasteiger partial charge on any atom is 0.0948 e. The molecule has 4 nitrogen and oxygen atoms in total. The molecule has 1 aromatic rings. The van der Waals surface area contributed by atoms with E-state index in [4.69, 9.17) is 4.74 Å². The molecule has 1 aromatic heterocycles. The van der Waals surface area contributed by atoms with Gasteiger partial charge in [-0.25, -0.2) is 0 Å². The minimum absolute atomic E-state index is 0.0511. The highest BCUT2D eigenvalue weighted by Gasteiger charge is 2.25. The Morgan fingerprint density at radius 2 is 2.50 bits per heavy atom. The van der Waals surface area contributed by atoms with Crippen LogP contribution in [0, 0.1) is 0 Å². The molecular formula is C10H14N2O2. The predicted molar refractivity (Wildman–Crippen MR) is 51.7 cm³/mol. The number of aliphatic hydroxyl groups is 1. The van der Waals surface area contributed by atoms with Gasteiger partial charge in [-0.1, -0.05) is 6.07 Å². The third-order valence-corrected chi connectivity index (χ3v) is 2.34. The number of hydrogen-bond donors (Lipinski definition) is 2. The average Bonchev–Trinajstić information content (AvgIpc) is 2.63. The van der Waals surface area contributed by atoms with E-state index in [2.05, 4.69) is 10.3 Å². The number of rotatable bonds is 3. The third kappa shape index (κ3) is 2.29. The van der Waals surface area contributed by atoms with E-state index in [0.717, 1.165) is 12.1 Å². The number of nitrogens with one attached hydrogen (secondary N) is 1. The Balaban J connectivity index is 1.82. The fourth-order valence-corrected chi connectivity index (χ4v) is 1.49. The van der Waals surface area contributed by atoms with Crippen molar-refractivity contribution < 1.29 is 9.84 Å². The van der Waals surface area contributed by atoms with Crippen LogP contribution in [0.3, 0.4) is 0 Å². The number of hydrogen-bond acceptors (Lipinski definition) is 4. The first kappa shape index (κ1) is 9.58. The number of nitrogens with zero attached hydrogens (tertiary/aromatic N) is 1. The molecule has 0 radical (unpaired) electrons. The van der Waals surface area contributed by atoms with Crippen LogP contribution in [0.2, 0.25) is 0 Å². The lowest BCUT2D eigenvalue weighted by Gasteiger charge is -2.13. The second kappa shape index (κ2) is 4.50. The molecule has 0 unspecified atom stereocenters. The van der Waals surface area contributed by atoms with Gasteiger partial charge in [0, 0.05) is 18.9 Å². The zero-order chi connectivity index (χ0) is 9.80. The van der Waals surface area contributed by atoms with Crippen LogP contribution in [-0.2, 0) is 11.3 Å². The van der Waals surface area contributed by atoms with Gasteiger partial charge >= 0.3 is 0 Å². The number of aliphatic hydroxyl groups excluding tert-OH is 1. The summed E-state index contributed by atoms with van der Waals surface area (Å²) in [6.45, 7) is 1.74. The van der Waals surface area contributed by atoms with E-state index in [9.17, 15) is 5.11 Å². The van der Waals surface area contributed by atoms with Crippen molar-refractivity contribution in [3.8, 4) is 0 Å². The van der Waals surface area contributed by atoms with E-state index in [0.29, 0.717) is 13.2 Å². The molecule has 0 amide bonds. The van der Waals surface area contributed by atoms with Gasteiger partial charge in [0.15, 0.2) is 0 Å². The fourth-order valence-electron chi connectivity index (χ4n) is 1.49. The van der Waals surface area contributed by atoms with Gasteiger partial charge in [-0.2, -0.15) is 0 Å². The summed E-state index contributed by atoms with van der Waals surface area (Å²) in [5, 5.41) is 12.7. The van der Waals surface area contributed by atoms with E-state index < -0.39 is 0 Å². The van der Waals surface area contributed by atoms with Crippen LogP contribution < -0.4 is 5.32 Å². The van der Waals surface area contributed by atoms with Crippen molar-refractivity contribution in [3.63, 3.8) is 0 Å². The number of aromatic nitrogens is 1. The van der Waals surface area contributed by atoms with Gasteiger partial charge in [0.25, 0.3) is 0 Å². The van der Waals surface area contributed by atoms with E-state index >= 15 is 0 Å². The molecule has 0 saturated carbocycles. The third-order valence-electron chi connectivity index (χ3n) is 2.34. The minimum atomic E-state index is -0.383. The molecule has 1 aliphatic rings. The van der Waals surface area contributed by atoms with Gasteiger partial charge in [-0.05, 0) is 11.6 Å². The summed E-state index contributed by atoms with van der Waals surface area (Å²) in [7, 11) is 0. The number of pyridine rings is 1. The minimum Gasteiger partial charge on any atom is -0.389 e. The van der Waals surface area contributed by atoms with Crippen LogP contribution in [0.1, 0.15) is 5.56 Å². The molecule has 2 heterocycles. The largest absolute Gasteiger partial charge is 0.389 e. The lowest BCUT2D eigenvalue weighted by atomic mass is 10.2. The molecular weight excluding hydrogens is 180 g/mol. The molecule has 2 rings (SSSR count). The second-order valence-electron chi connectivity index (χ2n) is 3.45. The molecule has 2 N–H and O–H groups in total. The summed E-state index contributed by atoms with van der Waals surface area (Å²) in [5.41, 5.74) is 1.12. The predicted octanol–water partition coefficient (Wildman–Crippen LogP) is -0.0691. The molecule has 4 heteroatoms. The van der Waals surface area contributed by atoms with E-state index in [1.54, 1.807) is 6.20 Å². The van der Waals surface area contributed by atoms with Gasteiger partial charge < -0.3 is 15.2 Å². The first-order valence-corrected chi connectivity index (χ1v) is 4.74. The van der Waals surface area contributed by atoms with Crippen molar-refractivity contribution in [3.05, 3.63) is 30.1 Å². The first-order chi connectivity index (χ1) is 6.86. The quantitative estimate of drug-likeness (QED) is 0.707. The molecule has 14 heavy (non-hydrogen) atoms. The Kier molecular flexibility index (Phi) is 3.08. The van der Waals surface area contributed by atoms with Crippen LogP contribution in [0.25, 0.3) is 0 Å². The van der Waals surface area contributed by atoms with Gasteiger partial charge in [0.1, 0.15) is 0 Å². The van der Waals surface area contributed by atoms with Crippen molar-refractivity contribution in [1.82, 2.24) is 10.3 Å². The summed E-state index contributed by atoms with van der Waals surface area (Å²) >= 11 is 0. The summed E-state index contributed by atoms with van der Waals surface area (Å²) in [4.78, 5) is 4.02. The first-order valence-electron chi connectivity index (χ1n) is 4.74. The molecule has 2 atom stereocenters. The molecule has 0 aromatic carbocycles. The molecule has 76 valence electrons. The smallest absolute Gasteiger partial charge is 0.0948 e.